The Kier molecular flexibility index (Phi) is 11.6. The average molecular weight is 391 g/mol. The molecule has 28 heavy (non-hydrogen) atoms. The Morgan fingerprint density at radius 1 is 1.25 bits per heavy atom. The van der Waals surface area contributed by atoms with Crippen molar-refractivity contribution in [1.82, 2.24) is 15.5 Å². The molecule has 158 valence electrons. The summed E-state index contributed by atoms with van der Waals surface area (Å²) in [6.07, 6.45) is 4.62. The van der Waals surface area contributed by atoms with Gasteiger partial charge < -0.3 is 25.0 Å². The molecule has 1 heterocycles. The number of hydrogen-bond acceptors (Lipinski definition) is 4. The maximum Gasteiger partial charge on any atom is 0.191 e. The highest BCUT2D eigenvalue weighted by Crippen LogP contribution is 2.11. The second-order valence-corrected chi connectivity index (χ2v) is 7.33. The van der Waals surface area contributed by atoms with Crippen molar-refractivity contribution < 1.29 is 9.47 Å². The third-order valence-electron chi connectivity index (χ3n) is 4.69. The van der Waals surface area contributed by atoms with Gasteiger partial charge in [-0.1, -0.05) is 30.3 Å². The van der Waals surface area contributed by atoms with Crippen LogP contribution >= 0.6 is 0 Å². The minimum Gasteiger partial charge on any atom is -0.379 e. The van der Waals surface area contributed by atoms with Crippen molar-refractivity contribution >= 4 is 5.96 Å². The van der Waals surface area contributed by atoms with Gasteiger partial charge >= 0.3 is 0 Å². The number of guanidine groups is 1. The molecule has 0 bridgehead atoms. The lowest BCUT2D eigenvalue weighted by molar-refractivity contribution is 0.0171. The van der Waals surface area contributed by atoms with Gasteiger partial charge in [-0.2, -0.15) is 0 Å². The summed E-state index contributed by atoms with van der Waals surface area (Å²) in [6.45, 7) is 9.04. The Labute approximate surface area is 170 Å². The first-order valence-electron chi connectivity index (χ1n) is 10.7. The van der Waals surface area contributed by atoms with Gasteiger partial charge in [-0.05, 0) is 51.8 Å². The molecule has 1 aliphatic rings. The first-order chi connectivity index (χ1) is 13.8. The van der Waals surface area contributed by atoms with Gasteiger partial charge in [-0.25, -0.2) is 0 Å². The van der Waals surface area contributed by atoms with Crippen LogP contribution in [0.2, 0.25) is 0 Å². The molecule has 0 amide bonds. The zero-order valence-corrected chi connectivity index (χ0v) is 17.7. The molecule has 1 unspecified atom stereocenters. The molecule has 0 saturated carbocycles. The van der Waals surface area contributed by atoms with Crippen molar-refractivity contribution in [2.45, 2.75) is 45.3 Å². The lowest BCUT2D eigenvalue weighted by atomic mass is 10.2. The molecule has 6 heteroatoms. The van der Waals surface area contributed by atoms with E-state index in [1.165, 1.54) is 5.56 Å². The third kappa shape index (κ3) is 10.1. The average Bonchev–Trinajstić information content (AvgIpc) is 3.22. The summed E-state index contributed by atoms with van der Waals surface area (Å²) in [4.78, 5) is 6.99. The van der Waals surface area contributed by atoms with E-state index < -0.39 is 0 Å². The molecule has 0 aliphatic carbocycles. The van der Waals surface area contributed by atoms with Gasteiger partial charge in [0.15, 0.2) is 5.96 Å². The number of benzene rings is 1. The molecular formula is C22H38N4O2. The number of rotatable bonds is 13. The molecule has 1 saturated heterocycles. The highest BCUT2D eigenvalue weighted by atomic mass is 16.5. The van der Waals surface area contributed by atoms with E-state index >= 15 is 0 Å². The van der Waals surface area contributed by atoms with Crippen molar-refractivity contribution in [2.24, 2.45) is 4.99 Å². The van der Waals surface area contributed by atoms with Gasteiger partial charge in [0, 0.05) is 39.4 Å². The van der Waals surface area contributed by atoms with Crippen molar-refractivity contribution in [1.29, 1.82) is 0 Å². The SMILES string of the molecule is CCNC(=NCCCOCC1CCCO1)NCCCN(C)Cc1ccccc1. The monoisotopic (exact) mass is 390 g/mol. The van der Waals surface area contributed by atoms with Crippen LogP contribution in [-0.2, 0) is 16.0 Å². The fourth-order valence-electron chi connectivity index (χ4n) is 3.22. The maximum absolute atomic E-state index is 5.69. The van der Waals surface area contributed by atoms with Crippen molar-refractivity contribution in [3.8, 4) is 0 Å². The number of nitrogens with one attached hydrogen (secondary N) is 2. The lowest BCUT2D eigenvalue weighted by Crippen LogP contribution is -2.38. The number of aliphatic imine (C=N–C) groups is 1. The van der Waals surface area contributed by atoms with Crippen LogP contribution in [-0.4, -0.2) is 70.0 Å². The molecule has 0 radical (unpaired) electrons. The second kappa shape index (κ2) is 14.4. The molecule has 1 fully saturated rings. The Hall–Kier alpha value is -1.63. The van der Waals surface area contributed by atoms with E-state index in [1.54, 1.807) is 0 Å². The molecule has 2 rings (SSSR count). The summed E-state index contributed by atoms with van der Waals surface area (Å²) < 4.78 is 11.3. The molecule has 6 nitrogen and oxygen atoms in total. The van der Waals surface area contributed by atoms with Crippen LogP contribution in [0, 0.1) is 0 Å². The predicted molar refractivity (Wildman–Crippen MR) is 116 cm³/mol. The summed E-state index contributed by atoms with van der Waals surface area (Å²) in [6, 6.07) is 10.6. The van der Waals surface area contributed by atoms with Crippen LogP contribution in [0.25, 0.3) is 0 Å². The Morgan fingerprint density at radius 3 is 2.86 bits per heavy atom. The smallest absolute Gasteiger partial charge is 0.191 e. The van der Waals surface area contributed by atoms with Gasteiger partial charge in [-0.3, -0.25) is 4.99 Å². The molecule has 1 aliphatic heterocycles. The van der Waals surface area contributed by atoms with Gasteiger partial charge in [0.2, 0.25) is 0 Å². The van der Waals surface area contributed by atoms with E-state index in [4.69, 9.17) is 9.47 Å². The minimum absolute atomic E-state index is 0.308. The van der Waals surface area contributed by atoms with E-state index in [0.717, 1.165) is 84.2 Å². The molecule has 0 aromatic heterocycles. The quantitative estimate of drug-likeness (QED) is 0.308. The van der Waals surface area contributed by atoms with Crippen LogP contribution in [0.4, 0.5) is 0 Å². The normalized spacial score (nSPS) is 17.2. The van der Waals surface area contributed by atoms with Crippen LogP contribution in [0.1, 0.15) is 38.2 Å². The Morgan fingerprint density at radius 2 is 2.11 bits per heavy atom. The highest BCUT2D eigenvalue weighted by Gasteiger charge is 2.14. The standard InChI is InChI=1S/C22H38N4O2/c1-3-23-22(25-14-9-16-27-19-21-12-7-17-28-21)24-13-8-15-26(2)18-20-10-5-4-6-11-20/h4-6,10-11,21H,3,7-9,12-19H2,1-2H3,(H2,23,24,25). The Balaban J connectivity index is 1.53. The third-order valence-corrected chi connectivity index (χ3v) is 4.69. The molecule has 1 aromatic rings. The summed E-state index contributed by atoms with van der Waals surface area (Å²) in [5, 5.41) is 6.74. The largest absolute Gasteiger partial charge is 0.379 e. The zero-order valence-electron chi connectivity index (χ0n) is 17.7. The molecule has 0 spiro atoms. The number of ether oxygens (including phenoxy) is 2. The highest BCUT2D eigenvalue weighted by molar-refractivity contribution is 5.79. The lowest BCUT2D eigenvalue weighted by Gasteiger charge is -2.17. The van der Waals surface area contributed by atoms with E-state index in [-0.39, 0.29) is 0 Å². The Bertz CT molecular complexity index is 533. The fraction of sp³-hybridized carbons (Fsp3) is 0.682. The van der Waals surface area contributed by atoms with E-state index in [1.807, 2.05) is 0 Å². The van der Waals surface area contributed by atoms with Crippen LogP contribution < -0.4 is 10.6 Å². The topological polar surface area (TPSA) is 58.1 Å². The van der Waals surface area contributed by atoms with Crippen LogP contribution in [0.3, 0.4) is 0 Å². The fourth-order valence-corrected chi connectivity index (χ4v) is 3.22. The van der Waals surface area contributed by atoms with Crippen molar-refractivity contribution in [3.63, 3.8) is 0 Å². The van der Waals surface area contributed by atoms with Gasteiger partial charge in [0.1, 0.15) is 0 Å². The van der Waals surface area contributed by atoms with Crippen molar-refractivity contribution in [3.05, 3.63) is 35.9 Å². The van der Waals surface area contributed by atoms with Crippen molar-refractivity contribution in [2.75, 3.05) is 53.0 Å². The van der Waals surface area contributed by atoms with E-state index in [2.05, 4.69) is 64.8 Å². The van der Waals surface area contributed by atoms with E-state index in [9.17, 15) is 0 Å². The predicted octanol–water partition coefficient (Wildman–Crippen LogP) is 2.65. The van der Waals surface area contributed by atoms with Gasteiger partial charge in [0.25, 0.3) is 0 Å². The number of nitrogens with zero attached hydrogens (tertiary/aromatic N) is 2. The minimum atomic E-state index is 0.308. The van der Waals surface area contributed by atoms with Gasteiger partial charge in [0.05, 0.1) is 12.7 Å². The van der Waals surface area contributed by atoms with Crippen LogP contribution in [0.15, 0.2) is 35.3 Å². The molecular weight excluding hydrogens is 352 g/mol. The van der Waals surface area contributed by atoms with Crippen LogP contribution in [0.5, 0.6) is 0 Å². The molecule has 2 N–H and O–H groups in total. The van der Waals surface area contributed by atoms with Gasteiger partial charge in [-0.15, -0.1) is 0 Å². The summed E-state index contributed by atoms with van der Waals surface area (Å²) >= 11 is 0. The van der Waals surface area contributed by atoms with E-state index in [0.29, 0.717) is 6.10 Å². The zero-order chi connectivity index (χ0) is 19.9. The first-order valence-corrected chi connectivity index (χ1v) is 10.7. The first kappa shape index (κ1) is 22.7. The molecule has 1 atom stereocenters. The second-order valence-electron chi connectivity index (χ2n) is 7.33. The summed E-state index contributed by atoms with van der Waals surface area (Å²) in [5.74, 6) is 0.896. The maximum atomic E-state index is 5.69. The summed E-state index contributed by atoms with van der Waals surface area (Å²) in [5.41, 5.74) is 1.36. The summed E-state index contributed by atoms with van der Waals surface area (Å²) in [7, 11) is 2.17. The number of hydrogen-bond donors (Lipinski definition) is 2. The molecule has 1 aromatic carbocycles.